The lowest BCUT2D eigenvalue weighted by Crippen LogP contribution is -2.32. The highest BCUT2D eigenvalue weighted by Gasteiger charge is 2.28. The third-order valence-electron chi connectivity index (χ3n) is 4.06. The van der Waals surface area contributed by atoms with Gasteiger partial charge in [0.2, 0.25) is 10.0 Å². The molecule has 2 aromatic rings. The first-order valence-corrected chi connectivity index (χ1v) is 10.3. The van der Waals surface area contributed by atoms with E-state index in [0.29, 0.717) is 11.5 Å². The molecule has 0 saturated heterocycles. The second-order valence-corrected chi connectivity index (χ2v) is 8.63. The summed E-state index contributed by atoms with van der Waals surface area (Å²) in [6.07, 6.45) is 2.14. The van der Waals surface area contributed by atoms with E-state index < -0.39 is 10.0 Å². The zero-order valence-corrected chi connectivity index (χ0v) is 15.7. The summed E-state index contributed by atoms with van der Waals surface area (Å²) in [5, 5.41) is 6.59. The molecular formula is C18H23N3O4S. The zero-order chi connectivity index (χ0) is 18.7. The van der Waals surface area contributed by atoms with Crippen molar-refractivity contribution in [1.29, 1.82) is 0 Å². The molecule has 0 bridgehead atoms. The topological polar surface area (TPSA) is 101 Å². The van der Waals surface area contributed by atoms with Gasteiger partial charge in [0, 0.05) is 24.6 Å². The highest BCUT2D eigenvalue weighted by Crippen LogP contribution is 2.40. The summed E-state index contributed by atoms with van der Waals surface area (Å²) in [4.78, 5) is 12.3. The van der Waals surface area contributed by atoms with Gasteiger partial charge >= 0.3 is 0 Å². The number of rotatable bonds is 8. The van der Waals surface area contributed by atoms with Crippen LogP contribution >= 0.6 is 0 Å². The van der Waals surface area contributed by atoms with Crippen LogP contribution in [0, 0.1) is 0 Å². The van der Waals surface area contributed by atoms with Crippen LogP contribution in [-0.2, 0) is 22.3 Å². The summed E-state index contributed by atoms with van der Waals surface area (Å²) >= 11 is 0. The van der Waals surface area contributed by atoms with Crippen LogP contribution in [0.3, 0.4) is 0 Å². The van der Waals surface area contributed by atoms with Crippen molar-refractivity contribution in [3.63, 3.8) is 0 Å². The van der Waals surface area contributed by atoms with Gasteiger partial charge in [-0.3, -0.25) is 4.79 Å². The number of benzene rings is 1. The Morgan fingerprint density at radius 1 is 1.27 bits per heavy atom. The molecular weight excluding hydrogens is 354 g/mol. The van der Waals surface area contributed by atoms with Gasteiger partial charge in [-0.25, -0.2) is 13.1 Å². The lowest BCUT2D eigenvalue weighted by Gasteiger charge is -2.13. The van der Waals surface area contributed by atoms with Gasteiger partial charge in [0.15, 0.2) is 5.69 Å². The fourth-order valence-corrected chi connectivity index (χ4v) is 4.19. The minimum absolute atomic E-state index is 0.132. The lowest BCUT2D eigenvalue weighted by atomic mass is 10.1. The molecule has 1 aliphatic carbocycles. The van der Waals surface area contributed by atoms with Crippen LogP contribution in [0.2, 0.25) is 0 Å². The summed E-state index contributed by atoms with van der Waals surface area (Å²) in [5.74, 6) is 0.677. The molecule has 1 aromatic heterocycles. The van der Waals surface area contributed by atoms with Crippen LogP contribution in [-0.4, -0.2) is 25.5 Å². The fourth-order valence-electron chi connectivity index (χ4n) is 2.70. The molecule has 3 rings (SSSR count). The molecule has 0 aliphatic heterocycles. The maximum Gasteiger partial charge on any atom is 0.273 e. The molecule has 1 heterocycles. The fraction of sp³-hybridized carbons (Fsp3) is 0.444. The molecule has 1 fully saturated rings. The molecule has 7 nitrogen and oxygen atoms in total. The minimum atomic E-state index is -3.44. The first kappa shape index (κ1) is 18.6. The van der Waals surface area contributed by atoms with E-state index in [1.54, 1.807) is 38.1 Å². The van der Waals surface area contributed by atoms with Crippen LogP contribution in [0.1, 0.15) is 60.0 Å². The van der Waals surface area contributed by atoms with Crippen LogP contribution in [0.4, 0.5) is 0 Å². The van der Waals surface area contributed by atoms with Crippen LogP contribution in [0.25, 0.3) is 0 Å². The van der Waals surface area contributed by atoms with E-state index in [1.165, 1.54) is 0 Å². The Labute approximate surface area is 153 Å². The van der Waals surface area contributed by atoms with Gasteiger partial charge in [-0.2, -0.15) is 0 Å². The van der Waals surface area contributed by atoms with Crippen LogP contribution in [0.15, 0.2) is 34.9 Å². The predicted octanol–water partition coefficient (Wildman–Crippen LogP) is 2.31. The molecule has 0 unspecified atom stereocenters. The quantitative estimate of drug-likeness (QED) is 0.735. The molecule has 8 heteroatoms. The maximum absolute atomic E-state index is 12.3. The molecule has 140 valence electrons. The molecule has 0 atom stereocenters. The summed E-state index contributed by atoms with van der Waals surface area (Å²) < 4.78 is 32.1. The van der Waals surface area contributed by atoms with E-state index in [-0.39, 0.29) is 29.9 Å². The Bertz CT molecular complexity index is 885. The van der Waals surface area contributed by atoms with Crippen LogP contribution < -0.4 is 10.0 Å². The number of amides is 1. The zero-order valence-electron chi connectivity index (χ0n) is 14.9. The molecule has 1 saturated carbocycles. The van der Waals surface area contributed by atoms with Gasteiger partial charge in [0.1, 0.15) is 5.76 Å². The van der Waals surface area contributed by atoms with Gasteiger partial charge in [0.25, 0.3) is 5.91 Å². The molecule has 1 aliphatic rings. The summed E-state index contributed by atoms with van der Waals surface area (Å²) in [5.41, 5.74) is 1.65. The van der Waals surface area contributed by atoms with Gasteiger partial charge in [-0.05, 0) is 37.8 Å². The average molecular weight is 377 g/mol. The summed E-state index contributed by atoms with van der Waals surface area (Å²) in [6, 6.07) is 8.66. The van der Waals surface area contributed by atoms with Crippen molar-refractivity contribution in [1.82, 2.24) is 15.2 Å². The largest absolute Gasteiger partial charge is 0.360 e. The highest BCUT2D eigenvalue weighted by molar-refractivity contribution is 7.88. The standard InChI is InChI=1S/C18H23N3O4S/c1-12(2)21-26(23,24)11-15-6-4-3-5-14(15)10-19-18(22)16-9-17(25-20-16)13-7-8-13/h3-6,9,12-13,21H,7-8,10-11H2,1-2H3,(H,19,22). The van der Waals surface area contributed by atoms with E-state index in [2.05, 4.69) is 15.2 Å². The number of nitrogens with one attached hydrogen (secondary N) is 2. The monoisotopic (exact) mass is 377 g/mol. The van der Waals surface area contributed by atoms with E-state index in [1.807, 2.05) is 6.07 Å². The Morgan fingerprint density at radius 3 is 2.62 bits per heavy atom. The highest BCUT2D eigenvalue weighted by atomic mass is 32.2. The van der Waals surface area contributed by atoms with Crippen LogP contribution in [0.5, 0.6) is 0 Å². The van der Waals surface area contributed by atoms with E-state index in [4.69, 9.17) is 4.52 Å². The SMILES string of the molecule is CC(C)NS(=O)(=O)Cc1ccccc1CNC(=O)c1cc(C2CC2)on1. The van der Waals surface area contributed by atoms with E-state index >= 15 is 0 Å². The van der Waals surface area contributed by atoms with Crippen molar-refractivity contribution in [2.45, 2.75) is 50.9 Å². The normalized spacial score (nSPS) is 14.6. The first-order chi connectivity index (χ1) is 12.3. The second kappa shape index (κ2) is 7.59. The Hall–Kier alpha value is -2.19. The number of aromatic nitrogens is 1. The summed E-state index contributed by atoms with van der Waals surface area (Å²) in [7, 11) is -3.44. The minimum Gasteiger partial charge on any atom is -0.360 e. The number of sulfonamides is 1. The van der Waals surface area contributed by atoms with Gasteiger partial charge in [0.05, 0.1) is 5.75 Å². The van der Waals surface area contributed by atoms with Gasteiger partial charge in [-0.1, -0.05) is 29.4 Å². The van der Waals surface area contributed by atoms with Gasteiger partial charge in [-0.15, -0.1) is 0 Å². The van der Waals surface area contributed by atoms with Crippen molar-refractivity contribution in [3.8, 4) is 0 Å². The van der Waals surface area contributed by atoms with Crippen molar-refractivity contribution in [3.05, 3.63) is 52.9 Å². The smallest absolute Gasteiger partial charge is 0.273 e. The Morgan fingerprint density at radius 2 is 1.96 bits per heavy atom. The number of hydrogen-bond acceptors (Lipinski definition) is 5. The lowest BCUT2D eigenvalue weighted by molar-refractivity contribution is 0.0941. The van der Waals surface area contributed by atoms with E-state index in [9.17, 15) is 13.2 Å². The molecule has 1 aromatic carbocycles. The third-order valence-corrected chi connectivity index (χ3v) is 5.58. The molecule has 0 radical (unpaired) electrons. The number of carbonyl (C=O) groups is 1. The van der Waals surface area contributed by atoms with Crippen molar-refractivity contribution in [2.24, 2.45) is 0 Å². The molecule has 2 N–H and O–H groups in total. The van der Waals surface area contributed by atoms with E-state index in [0.717, 1.165) is 24.2 Å². The number of carbonyl (C=O) groups excluding carboxylic acids is 1. The van der Waals surface area contributed by atoms with Crippen molar-refractivity contribution < 1.29 is 17.7 Å². The predicted molar refractivity (Wildman–Crippen MR) is 97.0 cm³/mol. The maximum atomic E-state index is 12.3. The average Bonchev–Trinajstić information content (AvgIpc) is 3.29. The first-order valence-electron chi connectivity index (χ1n) is 8.65. The Kier molecular flexibility index (Phi) is 5.43. The van der Waals surface area contributed by atoms with Crippen molar-refractivity contribution in [2.75, 3.05) is 0 Å². The molecule has 1 amide bonds. The Balaban J connectivity index is 1.65. The van der Waals surface area contributed by atoms with Crippen molar-refractivity contribution >= 4 is 15.9 Å². The number of nitrogens with zero attached hydrogens (tertiary/aromatic N) is 1. The second-order valence-electron chi connectivity index (χ2n) is 6.87. The third kappa shape index (κ3) is 4.92. The molecule has 26 heavy (non-hydrogen) atoms. The number of hydrogen-bond donors (Lipinski definition) is 2. The molecule has 0 spiro atoms. The van der Waals surface area contributed by atoms with Gasteiger partial charge < -0.3 is 9.84 Å². The summed E-state index contributed by atoms with van der Waals surface area (Å²) in [6.45, 7) is 3.77.